The van der Waals surface area contributed by atoms with Crippen molar-refractivity contribution in [2.24, 2.45) is 0 Å². The van der Waals surface area contributed by atoms with Crippen molar-refractivity contribution >= 4 is 26.7 Å². The zero-order valence-corrected chi connectivity index (χ0v) is 12.7. The molecule has 0 aliphatic carbocycles. The summed E-state index contributed by atoms with van der Waals surface area (Å²) in [5.41, 5.74) is 0.666. The van der Waals surface area contributed by atoms with E-state index in [1.54, 1.807) is 24.7 Å². The van der Waals surface area contributed by atoms with Crippen LogP contribution in [0.1, 0.15) is 19.7 Å². The highest BCUT2D eigenvalue weighted by Gasteiger charge is 2.13. The van der Waals surface area contributed by atoms with Crippen LogP contribution in [-0.4, -0.2) is 46.2 Å². The van der Waals surface area contributed by atoms with Crippen LogP contribution in [-0.2, 0) is 16.4 Å². The number of aryl methyl sites for hydroxylation is 2. The second-order valence-corrected chi connectivity index (χ2v) is 6.96. The van der Waals surface area contributed by atoms with Gasteiger partial charge < -0.3 is 5.32 Å². The second-order valence-electron chi connectivity index (χ2n) is 4.49. The van der Waals surface area contributed by atoms with Crippen LogP contribution in [0.25, 0.3) is 11.0 Å². The Kier molecular flexibility index (Phi) is 4.22. The topological polar surface area (TPSA) is 89.8 Å². The van der Waals surface area contributed by atoms with Crippen molar-refractivity contribution < 1.29 is 8.42 Å². The molecule has 2 aromatic rings. The quantitative estimate of drug-likeness (QED) is 0.855. The molecule has 2 heterocycles. The minimum absolute atomic E-state index is 0.0693. The number of sulfone groups is 1. The molecule has 0 unspecified atom stereocenters. The van der Waals surface area contributed by atoms with Crippen molar-refractivity contribution in [3.63, 3.8) is 0 Å². The lowest BCUT2D eigenvalue weighted by Gasteiger charge is -2.06. The minimum Gasteiger partial charge on any atom is -0.370 e. The van der Waals surface area contributed by atoms with E-state index in [0.717, 1.165) is 17.7 Å². The number of rotatable bonds is 6. The van der Waals surface area contributed by atoms with Gasteiger partial charge in [0.25, 0.3) is 0 Å². The van der Waals surface area contributed by atoms with Gasteiger partial charge in [-0.2, -0.15) is 5.10 Å². The van der Waals surface area contributed by atoms with E-state index in [0.29, 0.717) is 18.0 Å². The highest BCUT2D eigenvalue weighted by atomic mass is 32.2. The lowest BCUT2D eigenvalue weighted by Crippen LogP contribution is -2.15. The van der Waals surface area contributed by atoms with Gasteiger partial charge >= 0.3 is 0 Å². The Morgan fingerprint density at radius 2 is 2.05 bits per heavy atom. The standard InChI is InChI=1S/C12H19N5O2S/c1-4-13-11-10-8-14-17(6-7-20(18,19)5-2)12(10)16-9(3)15-11/h8H,4-7H2,1-3H3,(H,13,15,16). The molecule has 7 nitrogen and oxygen atoms in total. The molecular weight excluding hydrogens is 278 g/mol. The first kappa shape index (κ1) is 14.7. The van der Waals surface area contributed by atoms with Crippen LogP contribution in [0.2, 0.25) is 0 Å². The number of anilines is 1. The number of nitrogens with one attached hydrogen (secondary N) is 1. The van der Waals surface area contributed by atoms with Gasteiger partial charge in [-0.3, -0.25) is 0 Å². The molecule has 0 bridgehead atoms. The Labute approximate surface area is 118 Å². The first-order valence-corrected chi connectivity index (χ1v) is 8.43. The number of aromatic nitrogens is 4. The predicted molar refractivity (Wildman–Crippen MR) is 78.6 cm³/mol. The van der Waals surface area contributed by atoms with Gasteiger partial charge in [0, 0.05) is 12.3 Å². The fourth-order valence-corrected chi connectivity index (χ4v) is 2.64. The largest absolute Gasteiger partial charge is 0.370 e. The summed E-state index contributed by atoms with van der Waals surface area (Å²) in [5, 5.41) is 8.20. The zero-order chi connectivity index (χ0) is 14.8. The van der Waals surface area contributed by atoms with Crippen LogP contribution >= 0.6 is 0 Å². The molecule has 0 atom stereocenters. The molecule has 0 aromatic carbocycles. The zero-order valence-electron chi connectivity index (χ0n) is 11.9. The van der Waals surface area contributed by atoms with Gasteiger partial charge in [-0.05, 0) is 13.8 Å². The third-order valence-electron chi connectivity index (χ3n) is 3.01. The summed E-state index contributed by atoms with van der Waals surface area (Å²) >= 11 is 0. The molecule has 1 N–H and O–H groups in total. The summed E-state index contributed by atoms with van der Waals surface area (Å²) in [6.07, 6.45) is 1.67. The van der Waals surface area contributed by atoms with Crippen molar-refractivity contribution in [1.29, 1.82) is 0 Å². The van der Waals surface area contributed by atoms with Crippen molar-refractivity contribution in [2.45, 2.75) is 27.3 Å². The highest BCUT2D eigenvalue weighted by molar-refractivity contribution is 7.91. The van der Waals surface area contributed by atoms with Crippen molar-refractivity contribution in [3.05, 3.63) is 12.0 Å². The van der Waals surface area contributed by atoms with E-state index in [1.807, 2.05) is 6.92 Å². The van der Waals surface area contributed by atoms with Crippen molar-refractivity contribution in [3.8, 4) is 0 Å². The van der Waals surface area contributed by atoms with Crippen LogP contribution in [0.15, 0.2) is 6.20 Å². The smallest absolute Gasteiger partial charge is 0.163 e. The van der Waals surface area contributed by atoms with Crippen LogP contribution < -0.4 is 5.32 Å². The Bertz CT molecular complexity index is 708. The molecule has 0 fully saturated rings. The Hall–Kier alpha value is -1.70. The molecule has 0 amide bonds. The van der Waals surface area contributed by atoms with Crippen molar-refractivity contribution in [1.82, 2.24) is 19.7 Å². The molecule has 20 heavy (non-hydrogen) atoms. The average Bonchev–Trinajstić information content (AvgIpc) is 2.80. The summed E-state index contributed by atoms with van der Waals surface area (Å²) in [4.78, 5) is 8.70. The number of fused-ring (bicyclic) bond motifs is 1. The lowest BCUT2D eigenvalue weighted by molar-refractivity contribution is 0.584. The minimum atomic E-state index is -3.01. The van der Waals surface area contributed by atoms with E-state index < -0.39 is 9.84 Å². The summed E-state index contributed by atoms with van der Waals surface area (Å²) in [7, 11) is -3.01. The Morgan fingerprint density at radius 3 is 2.70 bits per heavy atom. The van der Waals surface area contributed by atoms with E-state index in [-0.39, 0.29) is 11.5 Å². The molecule has 0 saturated carbocycles. The first-order chi connectivity index (χ1) is 9.46. The summed E-state index contributed by atoms with van der Waals surface area (Å²) in [6, 6.07) is 0. The lowest BCUT2D eigenvalue weighted by atomic mass is 10.4. The average molecular weight is 297 g/mol. The second kappa shape index (κ2) is 5.74. The van der Waals surface area contributed by atoms with Gasteiger partial charge in [0.2, 0.25) is 0 Å². The van der Waals surface area contributed by atoms with Crippen molar-refractivity contribution in [2.75, 3.05) is 23.4 Å². The highest BCUT2D eigenvalue weighted by Crippen LogP contribution is 2.19. The first-order valence-electron chi connectivity index (χ1n) is 6.61. The summed E-state index contributed by atoms with van der Waals surface area (Å²) in [5.74, 6) is 1.58. The van der Waals surface area contributed by atoms with E-state index >= 15 is 0 Å². The summed E-state index contributed by atoms with van der Waals surface area (Å²) in [6.45, 7) is 6.50. The van der Waals surface area contributed by atoms with Gasteiger partial charge in [-0.15, -0.1) is 0 Å². The van der Waals surface area contributed by atoms with E-state index in [2.05, 4.69) is 20.4 Å². The monoisotopic (exact) mass is 297 g/mol. The van der Waals surface area contributed by atoms with Crippen LogP contribution in [0.4, 0.5) is 5.82 Å². The van der Waals surface area contributed by atoms with E-state index in [4.69, 9.17) is 0 Å². The molecule has 0 aliphatic heterocycles. The Balaban J connectivity index is 2.36. The van der Waals surface area contributed by atoms with Gasteiger partial charge in [0.05, 0.1) is 23.9 Å². The normalized spacial score (nSPS) is 11.9. The molecule has 8 heteroatoms. The number of hydrogen-bond donors (Lipinski definition) is 1. The maximum absolute atomic E-state index is 11.6. The molecule has 0 aliphatic rings. The molecular formula is C12H19N5O2S. The maximum Gasteiger partial charge on any atom is 0.163 e. The van der Waals surface area contributed by atoms with Gasteiger partial charge in [-0.1, -0.05) is 6.92 Å². The SMILES string of the molecule is CCNc1nc(C)nc2c1cnn2CCS(=O)(=O)CC. The van der Waals surface area contributed by atoms with Crippen LogP contribution in [0.5, 0.6) is 0 Å². The third kappa shape index (κ3) is 3.06. The van der Waals surface area contributed by atoms with E-state index in [1.165, 1.54) is 0 Å². The summed E-state index contributed by atoms with van der Waals surface area (Å²) < 4.78 is 24.8. The van der Waals surface area contributed by atoms with Gasteiger partial charge in [0.15, 0.2) is 15.5 Å². The maximum atomic E-state index is 11.6. The fourth-order valence-electron chi connectivity index (χ4n) is 1.90. The Morgan fingerprint density at radius 1 is 1.30 bits per heavy atom. The fraction of sp³-hybridized carbons (Fsp3) is 0.583. The molecule has 2 rings (SSSR count). The molecule has 0 spiro atoms. The molecule has 110 valence electrons. The third-order valence-corrected chi connectivity index (χ3v) is 4.69. The van der Waals surface area contributed by atoms with Crippen LogP contribution in [0, 0.1) is 6.92 Å². The predicted octanol–water partition coefficient (Wildman–Crippen LogP) is 1.00. The molecule has 2 aromatic heterocycles. The van der Waals surface area contributed by atoms with Gasteiger partial charge in [-0.25, -0.2) is 23.1 Å². The van der Waals surface area contributed by atoms with Crippen LogP contribution in [0.3, 0.4) is 0 Å². The van der Waals surface area contributed by atoms with E-state index in [9.17, 15) is 8.42 Å². The van der Waals surface area contributed by atoms with Gasteiger partial charge in [0.1, 0.15) is 11.6 Å². The molecule has 0 saturated heterocycles. The number of hydrogen-bond acceptors (Lipinski definition) is 6. The number of nitrogens with zero attached hydrogens (tertiary/aromatic N) is 4. The molecule has 0 radical (unpaired) electrons.